The van der Waals surface area contributed by atoms with E-state index in [-0.39, 0.29) is 11.6 Å². The monoisotopic (exact) mass is 388 g/mol. The molecule has 2 aromatic heterocycles. The van der Waals surface area contributed by atoms with Crippen molar-refractivity contribution in [3.8, 4) is 0 Å². The average Bonchev–Trinajstić information content (AvgIpc) is 3.06. The molecule has 7 heteroatoms. The smallest absolute Gasteiger partial charge is 0.258 e. The molecule has 1 atom stereocenters. The zero-order chi connectivity index (χ0) is 18.1. The standard InChI is InChI=1S/C19H21ClN4OS/c1-13(18-21-16-5-3-2-4-15(16)19(25)22-18)24-10-8-23(9-11-24)12-14-6-7-17(20)26-14/h2-7,13H,8-12H2,1H3,(H,21,22,25)/t13-/m0/s1. The summed E-state index contributed by atoms with van der Waals surface area (Å²) in [6, 6.07) is 11.6. The van der Waals surface area contributed by atoms with Crippen LogP contribution in [0.5, 0.6) is 0 Å². The summed E-state index contributed by atoms with van der Waals surface area (Å²) >= 11 is 7.67. The molecule has 0 saturated carbocycles. The highest BCUT2D eigenvalue weighted by Crippen LogP contribution is 2.24. The average molecular weight is 389 g/mol. The number of benzene rings is 1. The van der Waals surface area contributed by atoms with Crippen molar-refractivity contribution in [2.45, 2.75) is 19.5 Å². The lowest BCUT2D eigenvalue weighted by Crippen LogP contribution is -2.47. The number of nitrogens with one attached hydrogen (secondary N) is 1. The molecule has 3 heterocycles. The van der Waals surface area contributed by atoms with Crippen LogP contribution in [-0.2, 0) is 6.54 Å². The molecule has 1 saturated heterocycles. The second kappa shape index (κ2) is 7.48. The van der Waals surface area contributed by atoms with E-state index in [0.717, 1.165) is 48.4 Å². The predicted molar refractivity (Wildman–Crippen MR) is 107 cm³/mol. The predicted octanol–water partition coefficient (Wildman–Crippen LogP) is 3.52. The first-order chi connectivity index (χ1) is 12.6. The van der Waals surface area contributed by atoms with Crippen molar-refractivity contribution >= 4 is 33.8 Å². The molecule has 1 N–H and O–H groups in total. The fourth-order valence-electron chi connectivity index (χ4n) is 3.44. The third-order valence-corrected chi connectivity index (χ3v) is 6.21. The van der Waals surface area contributed by atoms with Gasteiger partial charge in [0.2, 0.25) is 0 Å². The van der Waals surface area contributed by atoms with Gasteiger partial charge >= 0.3 is 0 Å². The topological polar surface area (TPSA) is 52.2 Å². The fourth-order valence-corrected chi connectivity index (χ4v) is 4.57. The molecule has 0 aliphatic carbocycles. The van der Waals surface area contributed by atoms with Gasteiger partial charge in [0, 0.05) is 37.6 Å². The van der Waals surface area contributed by atoms with Crippen LogP contribution in [0.4, 0.5) is 0 Å². The summed E-state index contributed by atoms with van der Waals surface area (Å²) in [5, 5.41) is 0.642. The molecule has 0 spiro atoms. The van der Waals surface area contributed by atoms with Crippen LogP contribution >= 0.6 is 22.9 Å². The number of hydrogen-bond donors (Lipinski definition) is 1. The van der Waals surface area contributed by atoms with E-state index in [1.165, 1.54) is 4.88 Å². The minimum absolute atomic E-state index is 0.0642. The van der Waals surface area contributed by atoms with Crippen molar-refractivity contribution in [2.24, 2.45) is 0 Å². The Morgan fingerprint density at radius 2 is 1.96 bits per heavy atom. The van der Waals surface area contributed by atoms with Crippen LogP contribution in [0.25, 0.3) is 10.9 Å². The summed E-state index contributed by atoms with van der Waals surface area (Å²) in [5.41, 5.74) is 0.692. The Hall–Kier alpha value is -1.73. The molecule has 0 bridgehead atoms. The molecule has 1 fully saturated rings. The zero-order valence-corrected chi connectivity index (χ0v) is 16.2. The molecule has 5 nitrogen and oxygen atoms in total. The molecule has 0 amide bonds. The lowest BCUT2D eigenvalue weighted by molar-refractivity contribution is 0.0954. The van der Waals surface area contributed by atoms with Crippen molar-refractivity contribution in [1.29, 1.82) is 0 Å². The van der Waals surface area contributed by atoms with Crippen LogP contribution in [0.3, 0.4) is 0 Å². The van der Waals surface area contributed by atoms with Gasteiger partial charge in [0.25, 0.3) is 5.56 Å². The lowest BCUT2D eigenvalue weighted by Gasteiger charge is -2.37. The molecule has 26 heavy (non-hydrogen) atoms. The van der Waals surface area contributed by atoms with Gasteiger partial charge < -0.3 is 4.98 Å². The van der Waals surface area contributed by atoms with Crippen LogP contribution in [0.1, 0.15) is 23.7 Å². The Morgan fingerprint density at radius 3 is 2.69 bits per heavy atom. The summed E-state index contributed by atoms with van der Waals surface area (Å²) < 4.78 is 0.846. The first-order valence-electron chi connectivity index (χ1n) is 8.80. The Balaban J connectivity index is 1.43. The third-order valence-electron chi connectivity index (χ3n) is 4.99. The second-order valence-corrected chi connectivity index (χ2v) is 8.46. The van der Waals surface area contributed by atoms with Crippen molar-refractivity contribution < 1.29 is 0 Å². The van der Waals surface area contributed by atoms with Crippen LogP contribution in [0.2, 0.25) is 4.34 Å². The number of aromatic amines is 1. The maximum absolute atomic E-state index is 12.3. The van der Waals surface area contributed by atoms with Gasteiger partial charge in [0.1, 0.15) is 5.82 Å². The number of para-hydroxylation sites is 1. The summed E-state index contributed by atoms with van der Waals surface area (Å²) in [4.78, 5) is 26.1. The number of H-pyrrole nitrogens is 1. The Kier molecular flexibility index (Phi) is 5.09. The summed E-state index contributed by atoms with van der Waals surface area (Å²) in [6.07, 6.45) is 0. The lowest BCUT2D eigenvalue weighted by atomic mass is 10.2. The minimum Gasteiger partial charge on any atom is -0.309 e. The highest BCUT2D eigenvalue weighted by atomic mass is 35.5. The summed E-state index contributed by atoms with van der Waals surface area (Å²) in [7, 11) is 0. The molecular weight excluding hydrogens is 368 g/mol. The van der Waals surface area contributed by atoms with Gasteiger partial charge in [0.15, 0.2) is 0 Å². The van der Waals surface area contributed by atoms with Gasteiger partial charge in [-0.2, -0.15) is 0 Å². The van der Waals surface area contributed by atoms with E-state index in [9.17, 15) is 4.79 Å². The molecule has 1 aliphatic rings. The number of halogens is 1. The number of piperazine rings is 1. The number of fused-ring (bicyclic) bond motifs is 1. The van der Waals surface area contributed by atoms with E-state index in [2.05, 4.69) is 32.8 Å². The van der Waals surface area contributed by atoms with Crippen molar-refractivity contribution in [2.75, 3.05) is 26.2 Å². The van der Waals surface area contributed by atoms with Crippen molar-refractivity contribution in [3.63, 3.8) is 0 Å². The number of rotatable bonds is 4. The number of thiophene rings is 1. The first kappa shape index (κ1) is 17.7. The van der Waals surface area contributed by atoms with Gasteiger partial charge in [-0.1, -0.05) is 23.7 Å². The van der Waals surface area contributed by atoms with Gasteiger partial charge in [0.05, 0.1) is 21.3 Å². The van der Waals surface area contributed by atoms with E-state index >= 15 is 0 Å². The van der Waals surface area contributed by atoms with Crippen LogP contribution in [-0.4, -0.2) is 45.9 Å². The van der Waals surface area contributed by atoms with Crippen molar-refractivity contribution in [1.82, 2.24) is 19.8 Å². The molecule has 136 valence electrons. The zero-order valence-electron chi connectivity index (χ0n) is 14.6. The highest BCUT2D eigenvalue weighted by molar-refractivity contribution is 7.16. The van der Waals surface area contributed by atoms with Gasteiger partial charge in [-0.05, 0) is 31.2 Å². The molecular formula is C19H21ClN4OS. The van der Waals surface area contributed by atoms with E-state index < -0.39 is 0 Å². The second-order valence-electron chi connectivity index (χ2n) is 6.66. The van der Waals surface area contributed by atoms with Crippen LogP contribution < -0.4 is 5.56 Å². The van der Waals surface area contributed by atoms with E-state index in [0.29, 0.717) is 5.39 Å². The number of hydrogen-bond acceptors (Lipinski definition) is 5. The minimum atomic E-state index is -0.0642. The Morgan fingerprint density at radius 1 is 1.19 bits per heavy atom. The summed E-state index contributed by atoms with van der Waals surface area (Å²) in [5.74, 6) is 0.743. The Bertz CT molecular complexity index is 961. The first-order valence-corrected chi connectivity index (χ1v) is 9.99. The molecule has 0 radical (unpaired) electrons. The molecule has 4 rings (SSSR count). The largest absolute Gasteiger partial charge is 0.309 e. The van der Waals surface area contributed by atoms with E-state index in [1.807, 2.05) is 30.3 Å². The summed E-state index contributed by atoms with van der Waals surface area (Å²) in [6.45, 7) is 6.97. The van der Waals surface area contributed by atoms with Crippen molar-refractivity contribution in [3.05, 3.63) is 61.8 Å². The third kappa shape index (κ3) is 3.69. The van der Waals surface area contributed by atoms with Gasteiger partial charge in [-0.15, -0.1) is 11.3 Å². The van der Waals surface area contributed by atoms with Crippen LogP contribution in [0.15, 0.2) is 41.2 Å². The van der Waals surface area contributed by atoms with E-state index in [4.69, 9.17) is 11.6 Å². The maximum atomic E-state index is 12.3. The molecule has 1 aromatic carbocycles. The molecule has 0 unspecified atom stereocenters. The SMILES string of the molecule is C[C@@H](c1nc2ccccc2c(=O)[nH]1)N1CCN(Cc2ccc(Cl)s2)CC1. The fraction of sp³-hybridized carbons (Fsp3) is 0.368. The van der Waals surface area contributed by atoms with Gasteiger partial charge in [-0.3, -0.25) is 14.6 Å². The maximum Gasteiger partial charge on any atom is 0.258 e. The Labute approximate surface area is 161 Å². The normalized spacial score (nSPS) is 17.6. The van der Waals surface area contributed by atoms with Crippen LogP contribution in [0, 0.1) is 0 Å². The quantitative estimate of drug-likeness (QED) is 0.743. The van der Waals surface area contributed by atoms with E-state index in [1.54, 1.807) is 11.3 Å². The molecule has 1 aliphatic heterocycles. The highest BCUT2D eigenvalue weighted by Gasteiger charge is 2.24. The molecule has 3 aromatic rings. The van der Waals surface area contributed by atoms with Gasteiger partial charge in [-0.25, -0.2) is 4.98 Å². The number of nitrogens with zero attached hydrogens (tertiary/aromatic N) is 3. The number of aromatic nitrogens is 2.